The Morgan fingerprint density at radius 1 is 1.00 bits per heavy atom. The predicted molar refractivity (Wildman–Crippen MR) is 104 cm³/mol. The van der Waals surface area contributed by atoms with Crippen LogP contribution in [0.5, 0.6) is 23.0 Å². The summed E-state index contributed by atoms with van der Waals surface area (Å²) >= 11 is 0. The Morgan fingerprint density at radius 2 is 1.77 bits per heavy atom. The van der Waals surface area contributed by atoms with Gasteiger partial charge in [-0.3, -0.25) is 10.9 Å². The third-order valence-electron chi connectivity index (χ3n) is 5.15. The highest BCUT2D eigenvalue weighted by molar-refractivity contribution is 5.97. The van der Waals surface area contributed by atoms with Crippen LogP contribution in [0.1, 0.15) is 27.0 Å². The highest BCUT2D eigenvalue weighted by Gasteiger charge is 2.54. The van der Waals surface area contributed by atoms with E-state index in [9.17, 15) is 19.8 Å². The molecule has 6 N–H and O–H groups in total. The summed E-state index contributed by atoms with van der Waals surface area (Å²) < 4.78 is 11.9. The summed E-state index contributed by atoms with van der Waals surface area (Å²) in [4.78, 5) is 23.9. The number of carbonyl (C=O) groups excluding carboxylic acids is 2. The fourth-order valence-corrected chi connectivity index (χ4v) is 3.96. The topological polar surface area (TPSA) is 143 Å². The monoisotopic (exact) mass is 405 g/mol. The van der Waals surface area contributed by atoms with E-state index in [2.05, 4.69) is 10.9 Å². The molecule has 0 aromatic heterocycles. The van der Waals surface area contributed by atoms with Gasteiger partial charge in [0.15, 0.2) is 11.4 Å². The average Bonchev–Trinajstić information content (AvgIpc) is 3.00. The van der Waals surface area contributed by atoms with Crippen molar-refractivity contribution in [3.8, 4) is 23.0 Å². The number of urea groups is 1. The number of benzene rings is 3. The summed E-state index contributed by atoms with van der Waals surface area (Å²) in [7, 11) is 0. The summed E-state index contributed by atoms with van der Waals surface area (Å²) in [6.45, 7) is 0. The number of fused-ring (bicyclic) bond motifs is 6. The molecule has 0 fully saturated rings. The van der Waals surface area contributed by atoms with Gasteiger partial charge in [0.25, 0.3) is 0 Å². The standard InChI is InChI=1S/C21H15N3O6/c22-20(28)24-23-17-15(26)8-7-14-18(17)29-16-9-10(25)5-6-13(16)21(14)12-4-2-1-3-11(12)19(27)30-21/h1-9,23,25-26H,(H3,22,24,28). The number of hydrazine groups is 1. The van der Waals surface area contributed by atoms with E-state index >= 15 is 0 Å². The predicted octanol–water partition coefficient (Wildman–Crippen LogP) is 2.66. The van der Waals surface area contributed by atoms with Crippen molar-refractivity contribution in [1.82, 2.24) is 5.43 Å². The number of primary amides is 1. The van der Waals surface area contributed by atoms with Gasteiger partial charge in [0, 0.05) is 17.2 Å². The van der Waals surface area contributed by atoms with E-state index in [1.54, 1.807) is 36.4 Å². The number of nitrogens with one attached hydrogen (secondary N) is 2. The molecule has 2 heterocycles. The first-order valence-corrected chi connectivity index (χ1v) is 8.94. The van der Waals surface area contributed by atoms with E-state index in [1.807, 2.05) is 0 Å². The molecule has 2 aliphatic rings. The van der Waals surface area contributed by atoms with Crippen molar-refractivity contribution < 1.29 is 29.3 Å². The molecule has 0 saturated heterocycles. The second kappa shape index (κ2) is 6.05. The van der Waals surface area contributed by atoms with Gasteiger partial charge in [0.2, 0.25) is 0 Å². The molecule has 2 aliphatic heterocycles. The number of nitrogens with two attached hydrogens (primary N) is 1. The third-order valence-corrected chi connectivity index (χ3v) is 5.15. The van der Waals surface area contributed by atoms with Gasteiger partial charge < -0.3 is 25.4 Å². The van der Waals surface area contributed by atoms with Gasteiger partial charge in [-0.15, -0.1) is 0 Å². The summed E-state index contributed by atoms with van der Waals surface area (Å²) in [5.74, 6) is -0.491. The van der Waals surface area contributed by atoms with Crippen molar-refractivity contribution >= 4 is 17.7 Å². The van der Waals surface area contributed by atoms with Gasteiger partial charge in [0.1, 0.15) is 22.9 Å². The molecule has 0 aliphatic carbocycles. The fourth-order valence-electron chi connectivity index (χ4n) is 3.96. The smallest absolute Gasteiger partial charge is 0.340 e. The van der Waals surface area contributed by atoms with E-state index in [1.165, 1.54) is 18.2 Å². The highest BCUT2D eigenvalue weighted by Crippen LogP contribution is 2.59. The van der Waals surface area contributed by atoms with Crippen LogP contribution in [0, 0.1) is 0 Å². The number of rotatable bonds is 2. The Hall–Kier alpha value is -4.40. The van der Waals surface area contributed by atoms with Gasteiger partial charge in [-0.05, 0) is 30.3 Å². The van der Waals surface area contributed by atoms with Gasteiger partial charge in [0.05, 0.1) is 11.1 Å². The highest BCUT2D eigenvalue weighted by atomic mass is 16.6. The van der Waals surface area contributed by atoms with E-state index in [0.717, 1.165) is 0 Å². The molecule has 0 bridgehead atoms. The summed E-state index contributed by atoms with van der Waals surface area (Å²) in [6, 6.07) is 13.5. The summed E-state index contributed by atoms with van der Waals surface area (Å²) in [6.07, 6.45) is 0. The minimum atomic E-state index is -1.37. The largest absolute Gasteiger partial charge is 0.508 e. The number of ether oxygens (including phenoxy) is 2. The minimum Gasteiger partial charge on any atom is -0.508 e. The molecule has 30 heavy (non-hydrogen) atoms. The van der Waals surface area contributed by atoms with Crippen molar-refractivity contribution in [2.24, 2.45) is 5.73 Å². The Labute approximate surface area is 169 Å². The number of carbonyl (C=O) groups is 2. The number of aromatic hydroxyl groups is 2. The molecule has 1 atom stereocenters. The van der Waals surface area contributed by atoms with Gasteiger partial charge >= 0.3 is 12.0 Å². The fraction of sp³-hybridized carbons (Fsp3) is 0.0476. The summed E-state index contributed by atoms with van der Waals surface area (Å²) in [5.41, 5.74) is 10.4. The molecule has 2 amide bonds. The third kappa shape index (κ3) is 2.29. The van der Waals surface area contributed by atoms with Crippen LogP contribution in [0.4, 0.5) is 10.5 Å². The maximum atomic E-state index is 12.7. The molecule has 0 radical (unpaired) electrons. The quantitative estimate of drug-likeness (QED) is 0.250. The van der Waals surface area contributed by atoms with Crippen molar-refractivity contribution in [3.05, 3.63) is 76.9 Å². The second-order valence-electron chi connectivity index (χ2n) is 6.85. The van der Waals surface area contributed by atoms with E-state index in [-0.39, 0.29) is 28.7 Å². The second-order valence-corrected chi connectivity index (χ2v) is 6.85. The van der Waals surface area contributed by atoms with Crippen LogP contribution in [0.15, 0.2) is 54.6 Å². The van der Waals surface area contributed by atoms with Crippen molar-refractivity contribution in [1.29, 1.82) is 0 Å². The Balaban J connectivity index is 1.83. The molecule has 9 heteroatoms. The maximum Gasteiger partial charge on any atom is 0.340 e. The van der Waals surface area contributed by atoms with Crippen molar-refractivity contribution in [2.45, 2.75) is 5.60 Å². The van der Waals surface area contributed by atoms with Crippen LogP contribution in [0.3, 0.4) is 0 Å². The van der Waals surface area contributed by atoms with Crippen LogP contribution in [0.25, 0.3) is 0 Å². The van der Waals surface area contributed by atoms with Gasteiger partial charge in [-0.1, -0.05) is 18.2 Å². The van der Waals surface area contributed by atoms with E-state index < -0.39 is 17.6 Å². The zero-order valence-corrected chi connectivity index (χ0v) is 15.3. The van der Waals surface area contributed by atoms with Gasteiger partial charge in [-0.2, -0.15) is 0 Å². The normalized spacial score (nSPS) is 17.9. The Bertz CT molecular complexity index is 1240. The Kier molecular flexibility index (Phi) is 3.56. The van der Waals surface area contributed by atoms with Crippen LogP contribution in [-0.4, -0.2) is 22.2 Å². The molecule has 150 valence electrons. The number of hydrogen-bond acceptors (Lipinski definition) is 7. The molecule has 3 aromatic rings. The van der Waals surface area contributed by atoms with E-state index in [0.29, 0.717) is 22.3 Å². The number of amides is 2. The molecule has 9 nitrogen and oxygen atoms in total. The molecule has 3 aromatic carbocycles. The van der Waals surface area contributed by atoms with Crippen LogP contribution in [-0.2, 0) is 10.3 Å². The van der Waals surface area contributed by atoms with E-state index in [4.69, 9.17) is 15.2 Å². The molecular formula is C21H15N3O6. The van der Waals surface area contributed by atoms with Crippen molar-refractivity contribution in [3.63, 3.8) is 0 Å². The molecular weight excluding hydrogens is 390 g/mol. The van der Waals surface area contributed by atoms with Gasteiger partial charge in [-0.25, -0.2) is 9.59 Å². The lowest BCUT2D eigenvalue weighted by molar-refractivity contribution is 0.0224. The number of hydrogen-bond donors (Lipinski definition) is 5. The lowest BCUT2D eigenvalue weighted by atomic mass is 9.77. The first kappa shape index (κ1) is 17.7. The average molecular weight is 405 g/mol. The van der Waals surface area contributed by atoms with Crippen LogP contribution in [0.2, 0.25) is 0 Å². The molecule has 0 saturated carbocycles. The number of phenolic OH excluding ortho intramolecular Hbond substituents is 2. The Morgan fingerprint density at radius 3 is 2.57 bits per heavy atom. The maximum absolute atomic E-state index is 12.7. The lowest BCUT2D eigenvalue weighted by Crippen LogP contribution is -2.36. The first-order chi connectivity index (χ1) is 14.4. The molecule has 1 spiro atoms. The van der Waals surface area contributed by atoms with Crippen LogP contribution >= 0.6 is 0 Å². The number of esters is 1. The zero-order chi connectivity index (χ0) is 21.0. The van der Waals surface area contributed by atoms with Crippen LogP contribution < -0.4 is 21.3 Å². The lowest BCUT2D eigenvalue weighted by Gasteiger charge is -2.37. The zero-order valence-electron chi connectivity index (χ0n) is 15.3. The SMILES string of the molecule is NC(=O)NNc1c(O)ccc2c1Oc1cc(O)ccc1C21OC(=O)c2ccccc21. The molecule has 5 rings (SSSR count). The number of phenols is 2. The first-order valence-electron chi connectivity index (χ1n) is 8.94. The number of anilines is 1. The van der Waals surface area contributed by atoms with Crippen molar-refractivity contribution in [2.75, 3.05) is 5.43 Å². The molecule has 1 unspecified atom stereocenters. The summed E-state index contributed by atoms with van der Waals surface area (Å²) in [5, 5.41) is 20.4. The minimum absolute atomic E-state index is 0.0140.